The number of hydrogen-bond donors (Lipinski definition) is 0. The summed E-state index contributed by atoms with van der Waals surface area (Å²) in [5.41, 5.74) is 35.0. The third-order valence-corrected chi connectivity index (χ3v) is 21.7. The Morgan fingerprint density at radius 1 is 0.293 bits per heavy atom. The van der Waals surface area contributed by atoms with Gasteiger partial charge >= 0.3 is 0 Å². The Labute approximate surface area is 577 Å². The molecule has 2 aliphatic rings. The molecule has 0 saturated heterocycles. The lowest BCUT2D eigenvalue weighted by atomic mass is 9.67. The molecule has 0 radical (unpaired) electrons. The van der Waals surface area contributed by atoms with Gasteiger partial charge in [0, 0.05) is 55.3 Å². The highest BCUT2D eigenvalue weighted by Crippen LogP contribution is 2.58. The van der Waals surface area contributed by atoms with Crippen LogP contribution >= 0.6 is 0 Å². The highest BCUT2D eigenvalue weighted by Gasteiger charge is 2.46. The standard InChI is InChI=1S/C96H68N2O/c1-61-29-53-81-82-54-30-62(2)58-89(82)96(88(81)57-61,71-42-31-65(32-43-71)63-17-7-5-8-18-63)72-44-33-69(34-45-72)78-24-15-25-84-93-77(23-16-28-92(93)99-94(78)84)68-39-50-75(51-40-68)98-90-27-14-12-22-83(90)85-59-70(41-56-91(85)98)67-37-48-74(49-38-67)97(73-46-35-66(36-47-73)64-19-9-6-10-20-64)76-52-55-80-79-21-11-13-26-86(79)95(3,4)87(80)60-76/h5-60H,1-4H3. The summed E-state index contributed by atoms with van der Waals surface area (Å²) < 4.78 is 9.42. The number of rotatable bonds is 11. The van der Waals surface area contributed by atoms with Gasteiger partial charge in [-0.3, -0.25) is 0 Å². The van der Waals surface area contributed by atoms with E-state index in [1.54, 1.807) is 0 Å². The number of hydrogen-bond acceptors (Lipinski definition) is 2. The molecule has 0 saturated carbocycles. The van der Waals surface area contributed by atoms with Crippen molar-refractivity contribution in [1.82, 2.24) is 4.57 Å². The summed E-state index contributed by atoms with van der Waals surface area (Å²) in [4.78, 5) is 2.41. The molecule has 3 nitrogen and oxygen atoms in total. The summed E-state index contributed by atoms with van der Waals surface area (Å²) in [6.07, 6.45) is 0. The first-order chi connectivity index (χ1) is 48.6. The van der Waals surface area contributed by atoms with E-state index in [-0.39, 0.29) is 5.41 Å². The van der Waals surface area contributed by atoms with Gasteiger partial charge in [-0.25, -0.2) is 0 Å². The van der Waals surface area contributed by atoms with E-state index >= 15 is 0 Å². The van der Waals surface area contributed by atoms with E-state index in [1.165, 1.54) is 111 Å². The van der Waals surface area contributed by atoms with Crippen LogP contribution in [-0.4, -0.2) is 4.57 Å². The minimum atomic E-state index is -0.536. The largest absolute Gasteiger partial charge is 0.455 e. The van der Waals surface area contributed by atoms with Gasteiger partial charge in [-0.05, 0) is 192 Å². The minimum absolute atomic E-state index is 0.128. The van der Waals surface area contributed by atoms with Gasteiger partial charge in [0.1, 0.15) is 11.2 Å². The SMILES string of the molecule is Cc1ccc2c(c1)C(c1ccc(-c3ccccc3)cc1)(c1ccc(-c3cccc4c3oc3cccc(-c5ccc(-n6c7ccccc7c7cc(-c8ccc(N(c9ccc(-c%10ccccc%10)cc9)c9ccc%10c(c9)C(C)(C)c9ccccc9-%10)cc8)ccc76)cc5)c34)cc1)c1cc(C)ccc1-2. The highest BCUT2D eigenvalue weighted by atomic mass is 16.3. The van der Waals surface area contributed by atoms with Crippen LogP contribution in [0.4, 0.5) is 17.1 Å². The Balaban J connectivity index is 0.645. The van der Waals surface area contributed by atoms with Gasteiger partial charge < -0.3 is 13.9 Å². The molecule has 0 amide bonds. The van der Waals surface area contributed by atoms with Crippen LogP contribution in [0.3, 0.4) is 0 Å². The maximum absolute atomic E-state index is 7.00. The van der Waals surface area contributed by atoms with Crippen molar-refractivity contribution < 1.29 is 4.42 Å². The normalized spacial score (nSPS) is 13.2. The maximum Gasteiger partial charge on any atom is 0.143 e. The third kappa shape index (κ3) is 9.18. The Kier molecular flexibility index (Phi) is 13.3. The molecular weight excluding hydrogens is 1200 g/mol. The molecule has 0 unspecified atom stereocenters. The van der Waals surface area contributed by atoms with E-state index in [0.717, 1.165) is 78.0 Å². The van der Waals surface area contributed by atoms with Crippen LogP contribution in [0, 0.1) is 13.8 Å². The fourth-order valence-corrected chi connectivity index (χ4v) is 16.8. The lowest BCUT2D eigenvalue weighted by Gasteiger charge is -2.34. The molecule has 0 fully saturated rings. The van der Waals surface area contributed by atoms with Gasteiger partial charge in [0.25, 0.3) is 0 Å². The molecule has 3 heteroatoms. The molecule has 15 aromatic carbocycles. The van der Waals surface area contributed by atoms with Crippen molar-refractivity contribution >= 4 is 60.8 Å². The van der Waals surface area contributed by atoms with Crippen LogP contribution in [0.2, 0.25) is 0 Å². The zero-order valence-electron chi connectivity index (χ0n) is 55.6. The lowest BCUT2D eigenvalue weighted by molar-refractivity contribution is 0.660. The fraction of sp³-hybridized carbons (Fsp3) is 0.0625. The number of benzene rings is 15. The first kappa shape index (κ1) is 58.1. The number of anilines is 3. The zero-order chi connectivity index (χ0) is 66.1. The average Bonchev–Trinajstić information content (AvgIpc) is 1.45. The quantitative estimate of drug-likeness (QED) is 0.129. The van der Waals surface area contributed by atoms with Crippen LogP contribution in [0.25, 0.3) is 127 Å². The predicted molar refractivity (Wildman–Crippen MR) is 414 cm³/mol. The van der Waals surface area contributed by atoms with E-state index in [9.17, 15) is 0 Å². The second kappa shape index (κ2) is 22.7. The van der Waals surface area contributed by atoms with Gasteiger partial charge in [-0.1, -0.05) is 292 Å². The van der Waals surface area contributed by atoms with Gasteiger partial charge in [-0.2, -0.15) is 0 Å². The van der Waals surface area contributed by atoms with Crippen molar-refractivity contribution in [1.29, 1.82) is 0 Å². The molecule has 17 aromatic rings. The van der Waals surface area contributed by atoms with Gasteiger partial charge in [-0.15, -0.1) is 0 Å². The minimum Gasteiger partial charge on any atom is -0.455 e. The summed E-state index contributed by atoms with van der Waals surface area (Å²) >= 11 is 0. The molecule has 0 N–H and O–H groups in total. The number of nitrogens with zero attached hydrogens (tertiary/aromatic N) is 2. The lowest BCUT2D eigenvalue weighted by Crippen LogP contribution is -2.28. The molecule has 2 aliphatic carbocycles. The number of furan rings is 1. The van der Waals surface area contributed by atoms with Crippen LogP contribution in [0.1, 0.15) is 58.4 Å². The highest BCUT2D eigenvalue weighted by molar-refractivity contribution is 6.16. The van der Waals surface area contributed by atoms with E-state index in [1.807, 2.05) is 0 Å². The molecular formula is C96H68N2O. The summed E-state index contributed by atoms with van der Waals surface area (Å²) in [5.74, 6) is 0. The van der Waals surface area contributed by atoms with Crippen LogP contribution in [-0.2, 0) is 10.8 Å². The first-order valence-corrected chi connectivity index (χ1v) is 34.5. The Bertz CT molecular complexity index is 5980. The summed E-state index contributed by atoms with van der Waals surface area (Å²) in [5, 5.41) is 4.64. The van der Waals surface area contributed by atoms with Crippen molar-refractivity contribution in [2.45, 2.75) is 38.5 Å². The number of fused-ring (bicyclic) bond motifs is 12. The average molecular weight is 1270 g/mol. The van der Waals surface area contributed by atoms with Crippen molar-refractivity contribution in [2.75, 3.05) is 4.90 Å². The van der Waals surface area contributed by atoms with Crippen molar-refractivity contribution in [3.63, 3.8) is 0 Å². The summed E-state index contributed by atoms with van der Waals surface area (Å²) in [6, 6.07) is 126. The Morgan fingerprint density at radius 3 is 1.40 bits per heavy atom. The third-order valence-electron chi connectivity index (χ3n) is 21.7. The monoisotopic (exact) mass is 1260 g/mol. The van der Waals surface area contributed by atoms with E-state index < -0.39 is 5.41 Å². The second-order valence-electron chi connectivity index (χ2n) is 27.7. The predicted octanol–water partition coefficient (Wildman–Crippen LogP) is 25.8. The molecule has 0 spiro atoms. The Morgan fingerprint density at radius 2 is 0.747 bits per heavy atom. The number of aryl methyl sites for hydroxylation is 2. The van der Waals surface area contributed by atoms with Crippen molar-refractivity contribution in [2.24, 2.45) is 0 Å². The molecule has 2 aromatic heterocycles. The maximum atomic E-state index is 7.00. The smallest absolute Gasteiger partial charge is 0.143 e. The van der Waals surface area contributed by atoms with E-state index in [2.05, 4.69) is 377 Å². The van der Waals surface area contributed by atoms with Gasteiger partial charge in [0.2, 0.25) is 0 Å². The topological polar surface area (TPSA) is 21.3 Å². The first-order valence-electron chi connectivity index (χ1n) is 34.5. The van der Waals surface area contributed by atoms with Crippen LogP contribution in [0.5, 0.6) is 0 Å². The molecule has 99 heavy (non-hydrogen) atoms. The van der Waals surface area contributed by atoms with Crippen molar-refractivity contribution in [3.8, 4) is 83.6 Å². The summed E-state index contributed by atoms with van der Waals surface area (Å²) in [6.45, 7) is 9.15. The van der Waals surface area contributed by atoms with Crippen molar-refractivity contribution in [3.05, 3.63) is 384 Å². The molecule has 0 bridgehead atoms. The van der Waals surface area contributed by atoms with Crippen LogP contribution < -0.4 is 4.90 Å². The second-order valence-corrected chi connectivity index (χ2v) is 27.7. The molecule has 468 valence electrons. The van der Waals surface area contributed by atoms with E-state index in [4.69, 9.17) is 4.42 Å². The molecule has 0 aliphatic heterocycles. The van der Waals surface area contributed by atoms with Gasteiger partial charge in [0.05, 0.1) is 16.4 Å². The van der Waals surface area contributed by atoms with Gasteiger partial charge in [0.15, 0.2) is 0 Å². The van der Waals surface area contributed by atoms with E-state index in [0.29, 0.717) is 0 Å². The molecule has 0 atom stereocenters. The number of aromatic nitrogens is 1. The summed E-state index contributed by atoms with van der Waals surface area (Å²) in [7, 11) is 0. The fourth-order valence-electron chi connectivity index (χ4n) is 16.8. The molecule has 19 rings (SSSR count). The Hall–Kier alpha value is -12.3. The van der Waals surface area contributed by atoms with Crippen LogP contribution in [0.15, 0.2) is 344 Å². The molecule has 2 heterocycles. The number of para-hydroxylation sites is 2. The zero-order valence-corrected chi connectivity index (χ0v) is 55.6.